The summed E-state index contributed by atoms with van der Waals surface area (Å²) < 4.78 is 11.1. The maximum atomic E-state index is 12.6. The molecule has 0 spiro atoms. The molecule has 6 heteroatoms. The summed E-state index contributed by atoms with van der Waals surface area (Å²) in [6.07, 6.45) is -0.630. The molecule has 2 aromatic carbocycles. The summed E-state index contributed by atoms with van der Waals surface area (Å²) in [5.41, 5.74) is 2.76. The summed E-state index contributed by atoms with van der Waals surface area (Å²) in [4.78, 5) is 14.8. The maximum absolute atomic E-state index is 12.6. The number of hydrogen-bond acceptors (Lipinski definition) is 4. The number of nitrogens with zero attached hydrogens (tertiary/aromatic N) is 1. The third-order valence-corrected chi connectivity index (χ3v) is 4.51. The molecule has 26 heavy (non-hydrogen) atoms. The van der Waals surface area contributed by atoms with Crippen LogP contribution in [0.25, 0.3) is 0 Å². The highest BCUT2D eigenvalue weighted by Crippen LogP contribution is 2.30. The second-order valence-electron chi connectivity index (χ2n) is 6.32. The van der Waals surface area contributed by atoms with Gasteiger partial charge in [-0.25, -0.2) is 0 Å². The Kier molecular flexibility index (Phi) is 6.01. The van der Waals surface area contributed by atoms with Crippen LogP contribution in [-0.4, -0.2) is 38.3 Å². The maximum Gasteiger partial charge on any atom is 0.265 e. The summed E-state index contributed by atoms with van der Waals surface area (Å²) in [6, 6.07) is 13.1. The van der Waals surface area contributed by atoms with Crippen molar-refractivity contribution in [3.63, 3.8) is 0 Å². The molecule has 1 unspecified atom stereocenters. The number of anilines is 2. The highest BCUT2D eigenvalue weighted by Gasteiger charge is 2.20. The molecule has 1 aliphatic rings. The molecule has 1 saturated heterocycles. The van der Waals surface area contributed by atoms with Crippen molar-refractivity contribution in [1.82, 2.24) is 0 Å². The molecule has 0 aromatic heterocycles. The first-order chi connectivity index (χ1) is 12.5. The second-order valence-corrected chi connectivity index (χ2v) is 6.76. The van der Waals surface area contributed by atoms with Gasteiger partial charge in [-0.2, -0.15) is 0 Å². The Bertz CT molecular complexity index is 758. The molecule has 1 N–H and O–H groups in total. The van der Waals surface area contributed by atoms with Gasteiger partial charge in [0.1, 0.15) is 5.75 Å². The van der Waals surface area contributed by atoms with Crippen molar-refractivity contribution in [2.24, 2.45) is 0 Å². The Hall–Kier alpha value is -2.24. The Labute approximate surface area is 158 Å². The molecule has 5 nitrogen and oxygen atoms in total. The normalized spacial score (nSPS) is 15.4. The van der Waals surface area contributed by atoms with Crippen LogP contribution in [0.15, 0.2) is 42.5 Å². The molecule has 0 aliphatic carbocycles. The van der Waals surface area contributed by atoms with Gasteiger partial charge in [-0.1, -0.05) is 29.3 Å². The van der Waals surface area contributed by atoms with E-state index in [4.69, 9.17) is 21.1 Å². The lowest BCUT2D eigenvalue weighted by Gasteiger charge is -2.30. The zero-order valence-corrected chi connectivity index (χ0v) is 15.8. The van der Waals surface area contributed by atoms with E-state index in [2.05, 4.69) is 10.2 Å². The fourth-order valence-corrected chi connectivity index (χ4v) is 2.97. The lowest BCUT2D eigenvalue weighted by atomic mass is 10.2. The van der Waals surface area contributed by atoms with Gasteiger partial charge < -0.3 is 19.7 Å². The number of nitrogens with one attached hydrogen (secondary N) is 1. The highest BCUT2D eigenvalue weighted by molar-refractivity contribution is 6.31. The average Bonchev–Trinajstić information content (AvgIpc) is 2.64. The van der Waals surface area contributed by atoms with Crippen LogP contribution in [-0.2, 0) is 9.53 Å². The molecule has 1 amide bonds. The average molecular weight is 375 g/mol. The van der Waals surface area contributed by atoms with E-state index < -0.39 is 6.10 Å². The Morgan fingerprint density at radius 3 is 2.58 bits per heavy atom. The van der Waals surface area contributed by atoms with E-state index in [9.17, 15) is 4.79 Å². The van der Waals surface area contributed by atoms with Gasteiger partial charge >= 0.3 is 0 Å². The summed E-state index contributed by atoms with van der Waals surface area (Å²) in [5, 5.41) is 3.52. The van der Waals surface area contributed by atoms with Crippen molar-refractivity contribution < 1.29 is 14.3 Å². The number of halogens is 1. The summed E-state index contributed by atoms with van der Waals surface area (Å²) in [7, 11) is 0. The van der Waals surface area contributed by atoms with Gasteiger partial charge in [0.05, 0.1) is 24.6 Å². The van der Waals surface area contributed by atoms with Crippen LogP contribution < -0.4 is 15.0 Å². The molecule has 3 rings (SSSR count). The van der Waals surface area contributed by atoms with E-state index in [-0.39, 0.29) is 5.91 Å². The van der Waals surface area contributed by atoms with Crippen molar-refractivity contribution in [2.75, 3.05) is 36.5 Å². The van der Waals surface area contributed by atoms with Crippen LogP contribution in [0.2, 0.25) is 5.02 Å². The van der Waals surface area contributed by atoms with Gasteiger partial charge in [-0.05, 0) is 44.2 Å². The number of carbonyl (C=O) groups excluding carboxylic acids is 1. The minimum Gasteiger partial charge on any atom is -0.481 e. The van der Waals surface area contributed by atoms with E-state index in [1.165, 1.54) is 0 Å². The zero-order valence-electron chi connectivity index (χ0n) is 15.0. The van der Waals surface area contributed by atoms with Crippen molar-refractivity contribution >= 4 is 28.9 Å². The van der Waals surface area contributed by atoms with E-state index in [1.807, 2.05) is 43.3 Å². The fourth-order valence-electron chi connectivity index (χ4n) is 2.80. The predicted octanol–water partition coefficient (Wildman–Crippen LogP) is 3.89. The number of rotatable bonds is 5. The Morgan fingerprint density at radius 2 is 1.88 bits per heavy atom. The first-order valence-electron chi connectivity index (χ1n) is 8.69. The van der Waals surface area contributed by atoms with Gasteiger partial charge in [-0.15, -0.1) is 0 Å². The summed E-state index contributed by atoms with van der Waals surface area (Å²) in [5.74, 6) is 0.445. The smallest absolute Gasteiger partial charge is 0.265 e. The van der Waals surface area contributed by atoms with Gasteiger partial charge in [0.25, 0.3) is 5.91 Å². The molecular formula is C20H23ClN2O3. The van der Waals surface area contributed by atoms with Crippen molar-refractivity contribution in [2.45, 2.75) is 20.0 Å². The van der Waals surface area contributed by atoms with E-state index >= 15 is 0 Å². The molecule has 138 valence electrons. The lowest BCUT2D eigenvalue weighted by molar-refractivity contribution is -0.122. The lowest BCUT2D eigenvalue weighted by Crippen LogP contribution is -2.37. The van der Waals surface area contributed by atoms with E-state index in [0.29, 0.717) is 29.7 Å². The number of benzene rings is 2. The van der Waals surface area contributed by atoms with Crippen molar-refractivity contribution in [1.29, 1.82) is 0 Å². The number of hydrogen-bond donors (Lipinski definition) is 1. The molecule has 2 aromatic rings. The topological polar surface area (TPSA) is 50.8 Å². The molecule has 1 atom stereocenters. The van der Waals surface area contributed by atoms with Gasteiger partial charge in [0.15, 0.2) is 6.10 Å². The van der Waals surface area contributed by atoms with Crippen LogP contribution in [0, 0.1) is 6.92 Å². The number of amides is 1. The minimum absolute atomic E-state index is 0.220. The van der Waals surface area contributed by atoms with Gasteiger partial charge in [0.2, 0.25) is 0 Å². The highest BCUT2D eigenvalue weighted by atomic mass is 35.5. The second kappa shape index (κ2) is 8.43. The third-order valence-electron chi connectivity index (χ3n) is 4.27. The first kappa shape index (κ1) is 18.5. The zero-order chi connectivity index (χ0) is 18.5. The standard InChI is InChI=1S/C20H23ClN2O3/c1-14-3-6-17(7-4-14)26-15(2)20(24)22-18-13-16(21)5-8-19(18)23-9-11-25-12-10-23/h3-8,13,15H,9-12H2,1-2H3,(H,22,24). The van der Waals surface area contributed by atoms with Crippen LogP contribution in [0.3, 0.4) is 0 Å². The Morgan fingerprint density at radius 1 is 1.19 bits per heavy atom. The number of morpholine rings is 1. The Balaban J connectivity index is 1.71. The molecular weight excluding hydrogens is 352 g/mol. The largest absolute Gasteiger partial charge is 0.481 e. The molecule has 0 saturated carbocycles. The molecule has 0 radical (unpaired) electrons. The summed E-state index contributed by atoms with van der Waals surface area (Å²) in [6.45, 7) is 6.63. The monoisotopic (exact) mass is 374 g/mol. The van der Waals surface area contributed by atoms with Crippen LogP contribution in [0.1, 0.15) is 12.5 Å². The van der Waals surface area contributed by atoms with Crippen LogP contribution >= 0.6 is 11.6 Å². The number of aryl methyl sites for hydroxylation is 1. The van der Waals surface area contributed by atoms with Crippen molar-refractivity contribution in [3.8, 4) is 5.75 Å². The molecule has 1 aliphatic heterocycles. The molecule has 1 fully saturated rings. The van der Waals surface area contributed by atoms with Crippen molar-refractivity contribution in [3.05, 3.63) is 53.1 Å². The van der Waals surface area contributed by atoms with E-state index in [0.717, 1.165) is 24.3 Å². The number of carbonyl (C=O) groups is 1. The fraction of sp³-hybridized carbons (Fsp3) is 0.350. The minimum atomic E-state index is -0.630. The van der Waals surface area contributed by atoms with Crippen LogP contribution in [0.5, 0.6) is 5.75 Å². The first-order valence-corrected chi connectivity index (χ1v) is 9.07. The number of ether oxygens (including phenoxy) is 2. The van der Waals surface area contributed by atoms with E-state index in [1.54, 1.807) is 13.0 Å². The van der Waals surface area contributed by atoms with Gasteiger partial charge in [0, 0.05) is 18.1 Å². The predicted molar refractivity (Wildman–Crippen MR) is 104 cm³/mol. The quantitative estimate of drug-likeness (QED) is 0.862. The molecule has 0 bridgehead atoms. The SMILES string of the molecule is Cc1ccc(OC(C)C(=O)Nc2cc(Cl)ccc2N2CCOCC2)cc1. The molecule has 1 heterocycles. The van der Waals surface area contributed by atoms with Crippen LogP contribution in [0.4, 0.5) is 11.4 Å². The summed E-state index contributed by atoms with van der Waals surface area (Å²) >= 11 is 6.14. The third kappa shape index (κ3) is 4.68. The van der Waals surface area contributed by atoms with Gasteiger partial charge in [-0.3, -0.25) is 4.79 Å².